The summed E-state index contributed by atoms with van der Waals surface area (Å²) in [6.45, 7) is 2.79. The Hall–Kier alpha value is -1.36. The molecule has 0 aliphatic rings. The Kier molecular flexibility index (Phi) is 3.38. The van der Waals surface area contributed by atoms with E-state index in [4.69, 9.17) is 0 Å². The van der Waals surface area contributed by atoms with Crippen LogP contribution in [0, 0.1) is 0 Å². The van der Waals surface area contributed by atoms with Crippen LogP contribution in [0.2, 0.25) is 0 Å². The molecule has 0 fully saturated rings. The number of hydrogen-bond donors (Lipinski definition) is 1. The van der Waals surface area contributed by atoms with Gasteiger partial charge in [-0.3, -0.25) is 0 Å². The van der Waals surface area contributed by atoms with Crippen molar-refractivity contribution in [2.24, 2.45) is 0 Å². The van der Waals surface area contributed by atoms with Crippen molar-refractivity contribution in [2.45, 2.75) is 17.9 Å². The molecule has 0 saturated carbocycles. The molecule has 1 aromatic carbocycles. The van der Waals surface area contributed by atoms with E-state index < -0.39 is 17.9 Å². The summed E-state index contributed by atoms with van der Waals surface area (Å²) in [5.74, 6) is 0. The summed E-state index contributed by atoms with van der Waals surface area (Å²) in [5, 5.41) is 9.41. The molecule has 0 saturated heterocycles. The molecule has 0 aliphatic carbocycles. The highest BCUT2D eigenvalue weighted by Gasteiger charge is 2.59. The number of aliphatic hydroxyl groups is 1. The van der Waals surface area contributed by atoms with E-state index in [9.17, 15) is 22.7 Å². The third-order valence-corrected chi connectivity index (χ3v) is 2.24. The zero-order valence-electron chi connectivity index (χ0n) is 8.21. The van der Waals surface area contributed by atoms with Gasteiger partial charge < -0.3 is 5.11 Å². The Bertz CT molecular complexity index is 360. The average Bonchev–Trinajstić information content (AvgIpc) is 2.26. The molecule has 0 unspecified atom stereocenters. The molecule has 0 spiro atoms. The second-order valence-corrected chi connectivity index (χ2v) is 3.28. The van der Waals surface area contributed by atoms with Gasteiger partial charge in [-0.05, 0) is 11.6 Å². The van der Waals surface area contributed by atoms with Crippen LogP contribution in [0.25, 0.3) is 0 Å². The first-order valence-corrected chi connectivity index (χ1v) is 4.45. The van der Waals surface area contributed by atoms with Crippen molar-refractivity contribution >= 4 is 0 Å². The Balaban J connectivity index is 3.12. The predicted octanol–water partition coefficient (Wildman–Crippen LogP) is 3.18. The van der Waals surface area contributed by atoms with E-state index in [0.717, 1.165) is 0 Å². The lowest BCUT2D eigenvalue weighted by Gasteiger charge is -2.29. The van der Waals surface area contributed by atoms with Gasteiger partial charge in [0.15, 0.2) is 0 Å². The quantitative estimate of drug-likeness (QED) is 0.629. The molecule has 1 nitrogen and oxygen atoms in total. The number of aliphatic hydroxyl groups excluding tert-OH is 1. The predicted molar refractivity (Wildman–Crippen MR) is 51.5 cm³/mol. The fourth-order valence-corrected chi connectivity index (χ4v) is 1.26. The fraction of sp³-hybridized carbons (Fsp3) is 0.273. The number of halogens is 4. The Labute approximate surface area is 90.0 Å². The maximum atomic E-state index is 13.6. The van der Waals surface area contributed by atoms with Crippen molar-refractivity contribution in [1.82, 2.24) is 0 Å². The molecule has 2 atom stereocenters. The number of rotatable bonds is 3. The van der Waals surface area contributed by atoms with Crippen molar-refractivity contribution in [3.05, 3.63) is 48.6 Å². The minimum Gasteiger partial charge on any atom is -0.384 e. The van der Waals surface area contributed by atoms with Crippen molar-refractivity contribution in [3.8, 4) is 0 Å². The molecule has 0 aliphatic heterocycles. The summed E-state index contributed by atoms with van der Waals surface area (Å²) >= 11 is 0. The third kappa shape index (κ3) is 2.09. The third-order valence-electron chi connectivity index (χ3n) is 2.24. The van der Waals surface area contributed by atoms with Gasteiger partial charge in [0.05, 0.1) is 0 Å². The minimum absolute atomic E-state index is 0.0741. The highest BCUT2D eigenvalue weighted by atomic mass is 19.4. The van der Waals surface area contributed by atoms with Crippen LogP contribution in [-0.4, -0.2) is 17.0 Å². The first-order chi connectivity index (χ1) is 7.33. The van der Waals surface area contributed by atoms with E-state index in [1.807, 2.05) is 0 Å². The normalized spacial score (nSPS) is 17.6. The van der Waals surface area contributed by atoms with Crippen LogP contribution in [0.1, 0.15) is 11.7 Å². The smallest absolute Gasteiger partial charge is 0.384 e. The van der Waals surface area contributed by atoms with Gasteiger partial charge in [-0.15, -0.1) is 0 Å². The fourth-order valence-electron chi connectivity index (χ4n) is 1.26. The second kappa shape index (κ2) is 4.25. The van der Waals surface area contributed by atoms with Gasteiger partial charge in [0.2, 0.25) is 0 Å². The number of alkyl halides is 4. The van der Waals surface area contributed by atoms with Gasteiger partial charge in [-0.1, -0.05) is 36.9 Å². The van der Waals surface area contributed by atoms with Crippen LogP contribution >= 0.6 is 0 Å². The van der Waals surface area contributed by atoms with Crippen LogP contribution in [0.15, 0.2) is 43.0 Å². The van der Waals surface area contributed by atoms with E-state index in [-0.39, 0.29) is 11.6 Å². The zero-order chi connectivity index (χ0) is 12.4. The molecule has 1 aromatic rings. The van der Waals surface area contributed by atoms with Crippen LogP contribution in [0.4, 0.5) is 17.6 Å². The van der Waals surface area contributed by atoms with Crippen molar-refractivity contribution in [3.63, 3.8) is 0 Å². The molecule has 0 amide bonds. The maximum absolute atomic E-state index is 13.6. The van der Waals surface area contributed by atoms with Gasteiger partial charge in [0.25, 0.3) is 5.67 Å². The van der Waals surface area contributed by atoms with E-state index in [0.29, 0.717) is 0 Å². The lowest BCUT2D eigenvalue weighted by Crippen LogP contribution is -2.44. The van der Waals surface area contributed by atoms with Crippen molar-refractivity contribution in [2.75, 3.05) is 0 Å². The Morgan fingerprint density at radius 2 is 1.62 bits per heavy atom. The summed E-state index contributed by atoms with van der Waals surface area (Å²) in [5.41, 5.74) is -3.99. The highest BCUT2D eigenvalue weighted by molar-refractivity contribution is 5.24. The van der Waals surface area contributed by atoms with E-state index in [1.54, 1.807) is 6.07 Å². The van der Waals surface area contributed by atoms with Crippen LogP contribution in [-0.2, 0) is 0 Å². The molecular weight excluding hydrogens is 224 g/mol. The van der Waals surface area contributed by atoms with Gasteiger partial charge in [0, 0.05) is 0 Å². The van der Waals surface area contributed by atoms with Gasteiger partial charge >= 0.3 is 6.18 Å². The topological polar surface area (TPSA) is 20.2 Å². The summed E-state index contributed by atoms with van der Waals surface area (Å²) in [7, 11) is 0. The standard InChI is InChI=1S/C11H10F4O/c1-2-10(12,11(13,14)15)9(16)8-6-4-3-5-7-8/h2-7,9,16H,1H2/t9-,10+/m0/s1. The van der Waals surface area contributed by atoms with Gasteiger partial charge in [-0.2, -0.15) is 13.2 Å². The van der Waals surface area contributed by atoms with Crippen LogP contribution in [0.3, 0.4) is 0 Å². The van der Waals surface area contributed by atoms with E-state index in [1.165, 1.54) is 24.3 Å². The van der Waals surface area contributed by atoms with E-state index in [2.05, 4.69) is 6.58 Å². The molecule has 0 radical (unpaired) electrons. The highest BCUT2D eigenvalue weighted by Crippen LogP contribution is 2.43. The summed E-state index contributed by atoms with van der Waals surface area (Å²) in [6, 6.07) is 6.82. The van der Waals surface area contributed by atoms with Crippen LogP contribution < -0.4 is 0 Å². The number of hydrogen-bond acceptors (Lipinski definition) is 1. The molecule has 0 aromatic heterocycles. The Morgan fingerprint density at radius 3 is 2.00 bits per heavy atom. The Morgan fingerprint density at radius 1 is 1.12 bits per heavy atom. The molecule has 0 heterocycles. The first-order valence-electron chi connectivity index (χ1n) is 4.45. The largest absolute Gasteiger partial charge is 0.429 e. The summed E-state index contributed by atoms with van der Waals surface area (Å²) in [4.78, 5) is 0. The first kappa shape index (κ1) is 12.7. The van der Waals surface area contributed by atoms with Crippen molar-refractivity contribution in [1.29, 1.82) is 0 Å². The summed E-state index contributed by atoms with van der Waals surface area (Å²) < 4.78 is 50.9. The van der Waals surface area contributed by atoms with Crippen LogP contribution in [0.5, 0.6) is 0 Å². The molecule has 5 heteroatoms. The summed E-state index contributed by atoms with van der Waals surface area (Å²) in [6.07, 6.45) is -7.44. The maximum Gasteiger partial charge on any atom is 0.429 e. The van der Waals surface area contributed by atoms with E-state index >= 15 is 0 Å². The molecule has 0 bridgehead atoms. The molecular formula is C11H10F4O. The minimum atomic E-state index is -5.20. The lowest BCUT2D eigenvalue weighted by atomic mass is 9.92. The van der Waals surface area contributed by atoms with Gasteiger partial charge in [0.1, 0.15) is 6.10 Å². The molecule has 1 N–H and O–H groups in total. The average molecular weight is 234 g/mol. The van der Waals surface area contributed by atoms with Gasteiger partial charge in [-0.25, -0.2) is 4.39 Å². The zero-order valence-corrected chi connectivity index (χ0v) is 8.21. The monoisotopic (exact) mass is 234 g/mol. The second-order valence-electron chi connectivity index (χ2n) is 3.28. The SMILES string of the molecule is C=C[C@@](F)([C@@H](O)c1ccccc1)C(F)(F)F. The van der Waals surface area contributed by atoms with Crippen molar-refractivity contribution < 1.29 is 22.7 Å². The molecule has 16 heavy (non-hydrogen) atoms. The molecule has 88 valence electrons. The molecule has 1 rings (SSSR count). The number of benzene rings is 1. The lowest BCUT2D eigenvalue weighted by molar-refractivity contribution is -0.241.